The van der Waals surface area contributed by atoms with E-state index in [-0.39, 0.29) is 0 Å². The van der Waals surface area contributed by atoms with Gasteiger partial charge in [-0.2, -0.15) is 0 Å². The van der Waals surface area contributed by atoms with E-state index in [4.69, 9.17) is 23.3 Å². The Morgan fingerprint density at radius 1 is 0.452 bits per heavy atom. The van der Waals surface area contributed by atoms with Crippen molar-refractivity contribution in [3.63, 3.8) is 0 Å². The van der Waals surface area contributed by atoms with Crippen molar-refractivity contribution in [2.45, 2.75) is 20.8 Å². The molecule has 3 rings (SSSR count). The summed E-state index contributed by atoms with van der Waals surface area (Å²) in [5.41, 5.74) is 0. The zero-order chi connectivity index (χ0) is 21.9. The van der Waals surface area contributed by atoms with Crippen LogP contribution in [0.1, 0.15) is 20.8 Å². The van der Waals surface area contributed by atoms with E-state index in [0.29, 0.717) is 54.3 Å². The molecule has 0 N–H and O–H groups in total. The second kappa shape index (κ2) is 12.2. The van der Waals surface area contributed by atoms with Gasteiger partial charge in [-0.15, -0.1) is 0 Å². The van der Waals surface area contributed by atoms with E-state index >= 15 is 0 Å². The maximum atomic E-state index is 6.28. The van der Waals surface area contributed by atoms with E-state index in [1.807, 2.05) is 93.6 Å². The van der Waals surface area contributed by atoms with Gasteiger partial charge < -0.3 is 0 Å². The number of hydrogen-bond acceptors (Lipinski definition) is 6. The van der Waals surface area contributed by atoms with Gasteiger partial charge in [0.05, 0.1) is 0 Å². The normalized spacial score (nSPS) is 10.5. The first-order valence-electron chi connectivity index (χ1n) is 10.2. The molecule has 0 saturated carbocycles. The van der Waals surface area contributed by atoms with Crippen LogP contribution < -0.4 is 23.3 Å². The Kier molecular flexibility index (Phi) is 9.04. The summed E-state index contributed by atoms with van der Waals surface area (Å²) in [7, 11) is 0. The number of benzene rings is 3. The second-order valence-electron chi connectivity index (χ2n) is 6.14. The average Bonchev–Trinajstić information content (AvgIpc) is 2.78. The van der Waals surface area contributed by atoms with E-state index in [0.717, 1.165) is 0 Å². The molecule has 0 aliphatic heterocycles. The van der Waals surface area contributed by atoms with Crippen LogP contribution in [0.2, 0.25) is 0 Å². The Bertz CT molecular complexity index is 826. The Morgan fingerprint density at radius 3 is 0.968 bits per heavy atom. The van der Waals surface area contributed by atoms with E-state index in [9.17, 15) is 0 Å². The summed E-state index contributed by atoms with van der Waals surface area (Å²) in [6.07, 6.45) is 0. The van der Waals surface area contributed by atoms with Crippen LogP contribution in [-0.2, 0) is 0 Å². The Balaban J connectivity index is 1.91. The Hall–Kier alpha value is -2.72. The van der Waals surface area contributed by atoms with Gasteiger partial charge in [0.25, 0.3) is 0 Å². The van der Waals surface area contributed by atoms with Crippen LogP contribution >= 0.6 is 0 Å². The molecule has 0 aliphatic rings. The van der Waals surface area contributed by atoms with Crippen LogP contribution in [0.3, 0.4) is 0 Å². The fraction of sp³-hybridized carbons (Fsp3) is 0.250. The molecule has 0 amide bonds. The first kappa shape index (κ1) is 23.0. The quantitative estimate of drug-likeness (QED) is 0.291. The van der Waals surface area contributed by atoms with E-state index in [1.54, 1.807) is 0 Å². The van der Waals surface area contributed by atoms with E-state index in [1.165, 1.54) is 0 Å². The first-order chi connectivity index (χ1) is 15.2. The van der Waals surface area contributed by atoms with Gasteiger partial charge in [-0.25, -0.2) is 0 Å². The summed E-state index contributed by atoms with van der Waals surface area (Å²) in [6.45, 7) is 7.37. The third-order valence-electron chi connectivity index (χ3n) is 3.97. The fourth-order valence-electron chi connectivity index (χ4n) is 2.70. The molecule has 0 saturated heterocycles. The molecule has 0 atom stereocenters. The Labute approximate surface area is 192 Å². The summed E-state index contributed by atoms with van der Waals surface area (Å²) < 4.78 is 35.9. The Morgan fingerprint density at radius 2 is 0.710 bits per heavy atom. The number of ether oxygens (including phenoxy) is 3. The van der Waals surface area contributed by atoms with Gasteiger partial charge in [-0.1, -0.05) is 0 Å². The van der Waals surface area contributed by atoms with Gasteiger partial charge in [-0.05, 0) is 0 Å². The van der Waals surface area contributed by atoms with Crippen LogP contribution in [0.5, 0.6) is 34.5 Å². The fourth-order valence-corrected chi connectivity index (χ4v) is 5.68. The summed E-state index contributed by atoms with van der Waals surface area (Å²) in [6, 6.07) is 22.5. The van der Waals surface area contributed by atoms with Gasteiger partial charge in [-0.3, -0.25) is 0 Å². The van der Waals surface area contributed by atoms with Gasteiger partial charge in [0.1, 0.15) is 0 Å². The molecule has 0 fully saturated rings. The molecule has 3 aromatic rings. The molecule has 0 bridgehead atoms. The third-order valence-corrected chi connectivity index (χ3v) is 6.93. The molecule has 0 spiro atoms. The molecule has 6 nitrogen and oxygen atoms in total. The van der Waals surface area contributed by atoms with Crippen molar-refractivity contribution in [2.24, 2.45) is 0 Å². The van der Waals surface area contributed by atoms with Crippen molar-refractivity contribution in [2.75, 3.05) is 19.8 Å². The monoisotopic (exact) mass is 532 g/mol. The summed E-state index contributed by atoms with van der Waals surface area (Å²) in [5.74, 6) is 3.66. The predicted molar refractivity (Wildman–Crippen MR) is 120 cm³/mol. The van der Waals surface area contributed by atoms with Crippen molar-refractivity contribution in [3.05, 3.63) is 72.8 Å². The van der Waals surface area contributed by atoms with E-state index < -0.39 is 21.5 Å². The summed E-state index contributed by atoms with van der Waals surface area (Å²) in [4.78, 5) is 0. The van der Waals surface area contributed by atoms with Gasteiger partial charge in [0.15, 0.2) is 0 Å². The molecule has 0 unspecified atom stereocenters. The zero-order valence-electron chi connectivity index (χ0n) is 17.9. The number of hydrogen-bond donors (Lipinski definition) is 0. The van der Waals surface area contributed by atoms with Crippen molar-refractivity contribution in [3.8, 4) is 34.5 Å². The van der Waals surface area contributed by atoms with Crippen LogP contribution in [0.4, 0.5) is 0 Å². The molecule has 0 aliphatic carbocycles. The topological polar surface area (TPSA) is 55.4 Å². The van der Waals surface area contributed by atoms with Crippen molar-refractivity contribution >= 4 is 21.5 Å². The van der Waals surface area contributed by atoms with Crippen molar-refractivity contribution in [1.29, 1.82) is 0 Å². The van der Waals surface area contributed by atoms with Crippen LogP contribution in [0.25, 0.3) is 0 Å². The summed E-state index contributed by atoms with van der Waals surface area (Å²) in [5, 5.41) is 0. The average molecular weight is 533 g/mol. The number of para-hydroxylation sites is 6. The molecule has 0 aromatic heterocycles. The van der Waals surface area contributed by atoms with Crippen molar-refractivity contribution < 1.29 is 23.3 Å². The number of rotatable bonds is 12. The molecule has 7 heteroatoms. The molecule has 0 radical (unpaired) electrons. The molecule has 31 heavy (non-hydrogen) atoms. The van der Waals surface area contributed by atoms with Crippen LogP contribution in [0.15, 0.2) is 72.8 Å². The summed E-state index contributed by atoms with van der Waals surface area (Å²) >= 11 is -3.35. The SMILES string of the molecule is CCOc1ccccc1[O][Sb]([O]c1ccccc1OCC)[O]c1ccccc1OCC. The zero-order valence-corrected chi connectivity index (χ0v) is 20.5. The molecular formula is C24H27O6Sb. The van der Waals surface area contributed by atoms with Gasteiger partial charge in [0.2, 0.25) is 0 Å². The molecule has 3 aromatic carbocycles. The second-order valence-corrected chi connectivity index (χ2v) is 8.98. The minimum atomic E-state index is -3.35. The maximum absolute atomic E-state index is 6.28. The molecule has 164 valence electrons. The van der Waals surface area contributed by atoms with Gasteiger partial charge in [0, 0.05) is 0 Å². The van der Waals surface area contributed by atoms with Gasteiger partial charge >= 0.3 is 193 Å². The van der Waals surface area contributed by atoms with Crippen LogP contribution in [0, 0.1) is 0 Å². The van der Waals surface area contributed by atoms with Crippen LogP contribution in [-0.4, -0.2) is 41.3 Å². The standard InChI is InChI=1S/3C8H10O2.Sb/c3*1-2-10-8-6-4-3-5-7(8)9;/h3*3-6,9H,2H2,1H3;/q;;;+3/p-3. The molecular weight excluding hydrogens is 506 g/mol. The first-order valence-corrected chi connectivity index (χ1v) is 13.4. The third kappa shape index (κ3) is 6.63. The predicted octanol–water partition coefficient (Wildman–Crippen LogP) is 5.40. The minimum absolute atomic E-state index is 0.527. The van der Waals surface area contributed by atoms with E-state index in [2.05, 4.69) is 0 Å². The molecule has 0 heterocycles. The van der Waals surface area contributed by atoms with Crippen molar-refractivity contribution in [1.82, 2.24) is 0 Å².